The Morgan fingerprint density at radius 3 is 1.25 bits per heavy atom. The summed E-state index contributed by atoms with van der Waals surface area (Å²) in [7, 11) is 0. The molecule has 0 aromatic heterocycles. The summed E-state index contributed by atoms with van der Waals surface area (Å²) < 4.78 is 0. The molecule has 0 saturated heterocycles. The van der Waals surface area contributed by atoms with Crippen LogP contribution in [0.4, 0.5) is 0 Å². The molecule has 0 unspecified atom stereocenters. The van der Waals surface area contributed by atoms with E-state index in [1.54, 1.807) is 0 Å². The predicted octanol–water partition coefficient (Wildman–Crippen LogP) is -0.279. The van der Waals surface area contributed by atoms with E-state index in [9.17, 15) is 0 Å². The fourth-order valence-corrected chi connectivity index (χ4v) is 0. The van der Waals surface area contributed by atoms with E-state index < -0.39 is 0 Å². The summed E-state index contributed by atoms with van der Waals surface area (Å²) in [5.74, 6) is 0. The SMILES string of the molecule is [CH-]=O.[Co].[Fe]. The van der Waals surface area contributed by atoms with Crippen LogP contribution in [0.25, 0.3) is 0 Å². The van der Waals surface area contributed by atoms with E-state index in [0.29, 0.717) is 0 Å². The van der Waals surface area contributed by atoms with Crippen LogP contribution in [0.15, 0.2) is 0 Å². The van der Waals surface area contributed by atoms with Crippen LogP contribution in [-0.4, -0.2) is 6.79 Å². The van der Waals surface area contributed by atoms with Gasteiger partial charge in [-0.15, -0.1) is 0 Å². The molecule has 1 radical (unpaired) electrons. The van der Waals surface area contributed by atoms with Gasteiger partial charge in [0.1, 0.15) is 0 Å². The Bertz CT molecular complexity index is 8.00. The molecule has 0 aromatic carbocycles. The zero-order valence-electron chi connectivity index (χ0n) is 1.67. The maximum absolute atomic E-state index is 7.75. The molecule has 0 heterocycles. The second-order valence-corrected chi connectivity index (χ2v) is 0. The fraction of sp³-hybridized carbons (Fsp3) is 0. The molecule has 1 nitrogen and oxygen atoms in total. The quantitative estimate of drug-likeness (QED) is 0.259. The van der Waals surface area contributed by atoms with Crippen molar-refractivity contribution in [3.8, 4) is 0 Å². The van der Waals surface area contributed by atoms with Crippen molar-refractivity contribution >= 4 is 6.79 Å². The van der Waals surface area contributed by atoms with Gasteiger partial charge in [-0.05, 0) is 0 Å². The summed E-state index contributed by atoms with van der Waals surface area (Å²) in [5.41, 5.74) is 0. The minimum absolute atomic E-state index is 0. The molecule has 29 valence electrons. The van der Waals surface area contributed by atoms with Gasteiger partial charge in [0.05, 0.1) is 0 Å². The monoisotopic (exact) mass is 144 g/mol. The molecule has 0 N–H and O–H groups in total. The van der Waals surface area contributed by atoms with E-state index in [2.05, 4.69) is 6.79 Å². The van der Waals surface area contributed by atoms with E-state index in [1.165, 1.54) is 0 Å². The molecule has 0 amide bonds. The molecule has 0 aliphatic rings. The van der Waals surface area contributed by atoms with Crippen LogP contribution in [0, 0.1) is 0 Å². The van der Waals surface area contributed by atoms with Crippen LogP contribution in [0.1, 0.15) is 0 Å². The van der Waals surface area contributed by atoms with Crippen LogP contribution < -0.4 is 0 Å². The van der Waals surface area contributed by atoms with Crippen LogP contribution in [0.3, 0.4) is 0 Å². The van der Waals surface area contributed by atoms with Gasteiger partial charge >= 0.3 is 0 Å². The first-order chi connectivity index (χ1) is 1.00. The van der Waals surface area contributed by atoms with Gasteiger partial charge in [-0.25, -0.2) is 0 Å². The van der Waals surface area contributed by atoms with Gasteiger partial charge in [-0.2, -0.15) is 0 Å². The summed E-state index contributed by atoms with van der Waals surface area (Å²) in [6.45, 7) is 3.25. The molecule has 0 aliphatic heterocycles. The summed E-state index contributed by atoms with van der Waals surface area (Å²) >= 11 is 0. The first-order valence-corrected chi connectivity index (χ1v) is 0.236. The van der Waals surface area contributed by atoms with Gasteiger partial charge in [0.2, 0.25) is 0 Å². The van der Waals surface area contributed by atoms with Crippen molar-refractivity contribution in [2.75, 3.05) is 0 Å². The smallest absolute Gasteiger partial charge is 0 e. The first kappa shape index (κ1) is 22.3. The predicted molar refractivity (Wildman–Crippen MR) is 6.75 cm³/mol. The Morgan fingerprint density at radius 1 is 1.25 bits per heavy atom. The average Bonchev–Trinajstić information content (AvgIpc) is 1.00. The molecule has 0 rings (SSSR count). The van der Waals surface area contributed by atoms with Crippen LogP contribution >= 0.6 is 0 Å². The maximum atomic E-state index is 7.75. The number of hydrogen-bond acceptors (Lipinski definition) is 1. The molecular formula is CHCoFeO-. The summed E-state index contributed by atoms with van der Waals surface area (Å²) in [6, 6.07) is 0. The second kappa shape index (κ2) is 55.5. The zero-order valence-corrected chi connectivity index (χ0v) is 3.82. The number of carbonyl (C=O) groups excluding carboxylic acids is 1. The van der Waals surface area contributed by atoms with Crippen LogP contribution in [-0.2, 0) is 38.6 Å². The third-order valence-electron chi connectivity index (χ3n) is 0. The molecule has 0 atom stereocenters. The summed E-state index contributed by atoms with van der Waals surface area (Å²) in [6.07, 6.45) is 0. The van der Waals surface area contributed by atoms with Crippen molar-refractivity contribution in [1.82, 2.24) is 0 Å². The topological polar surface area (TPSA) is 17.1 Å². The minimum atomic E-state index is 0. The normalized spacial score (nSPS) is 1.00. The number of rotatable bonds is 0. The van der Waals surface area contributed by atoms with Crippen LogP contribution in [0.5, 0.6) is 0 Å². The Morgan fingerprint density at radius 2 is 1.25 bits per heavy atom. The third-order valence-corrected chi connectivity index (χ3v) is 0. The van der Waals surface area contributed by atoms with Crippen molar-refractivity contribution in [2.24, 2.45) is 0 Å². The van der Waals surface area contributed by atoms with Gasteiger partial charge in [-0.3, -0.25) is 6.79 Å². The van der Waals surface area contributed by atoms with Gasteiger partial charge in [0.25, 0.3) is 0 Å². The van der Waals surface area contributed by atoms with Gasteiger partial charge < -0.3 is 4.79 Å². The van der Waals surface area contributed by atoms with Crippen molar-refractivity contribution in [3.05, 3.63) is 0 Å². The molecule has 0 fully saturated rings. The van der Waals surface area contributed by atoms with E-state index in [-0.39, 0.29) is 33.8 Å². The van der Waals surface area contributed by atoms with E-state index in [4.69, 9.17) is 4.79 Å². The van der Waals surface area contributed by atoms with Gasteiger partial charge in [0, 0.05) is 33.8 Å². The molecule has 0 aliphatic carbocycles. The Balaban J connectivity index is -0.00000000500. The molecule has 0 saturated carbocycles. The molecule has 0 spiro atoms. The van der Waals surface area contributed by atoms with Crippen LogP contribution in [0.2, 0.25) is 0 Å². The Labute approximate surface area is 45.8 Å². The van der Waals surface area contributed by atoms with Gasteiger partial charge in [0.15, 0.2) is 0 Å². The maximum Gasteiger partial charge on any atom is 0 e. The second-order valence-electron chi connectivity index (χ2n) is 0. The molecule has 0 aromatic rings. The van der Waals surface area contributed by atoms with E-state index in [0.717, 1.165) is 0 Å². The summed E-state index contributed by atoms with van der Waals surface area (Å²) in [5, 5.41) is 0. The molecule has 3 heteroatoms. The van der Waals surface area contributed by atoms with Crippen molar-refractivity contribution in [1.29, 1.82) is 0 Å². The van der Waals surface area contributed by atoms with Crippen molar-refractivity contribution in [2.45, 2.75) is 0 Å². The van der Waals surface area contributed by atoms with Crippen molar-refractivity contribution < 1.29 is 38.6 Å². The molecule has 0 bridgehead atoms. The van der Waals surface area contributed by atoms with Crippen molar-refractivity contribution in [3.63, 3.8) is 0 Å². The van der Waals surface area contributed by atoms with E-state index >= 15 is 0 Å². The van der Waals surface area contributed by atoms with Gasteiger partial charge in [-0.1, -0.05) is 0 Å². The minimum Gasteiger partial charge on any atom is -0.545 e. The Kier molecular flexibility index (Phi) is 309. The summed E-state index contributed by atoms with van der Waals surface area (Å²) in [4.78, 5) is 7.75. The molecular weight excluding hydrogens is 143 g/mol. The Hall–Kier alpha value is 0.696. The first-order valence-electron chi connectivity index (χ1n) is 0.236. The largest absolute Gasteiger partial charge is 0.545 e. The van der Waals surface area contributed by atoms with E-state index in [1.807, 2.05) is 0 Å². The fourth-order valence-electron chi connectivity index (χ4n) is 0. The molecule has 4 heavy (non-hydrogen) atoms. The zero-order chi connectivity index (χ0) is 2.00. The standard InChI is InChI=1S/CHO.Co.Fe/c1-2;;/h1H;;/q-1;;. The third kappa shape index (κ3) is 16.0. The average molecular weight is 144 g/mol. The number of hydrogen-bond donors (Lipinski definition) is 0.